The van der Waals surface area contributed by atoms with Crippen molar-refractivity contribution in [3.05, 3.63) is 94.5 Å². The van der Waals surface area contributed by atoms with Gasteiger partial charge in [0.05, 0.1) is 5.92 Å². The Morgan fingerprint density at radius 3 is 2.44 bits per heavy atom. The molecule has 0 saturated heterocycles. The van der Waals surface area contributed by atoms with Gasteiger partial charge in [-0.2, -0.15) is 11.8 Å². The SMILES string of the molecule is CSCC(C)C1C(=O)c2cc(CC(C)(C)C3=Cc4cccc5cccc3c45)cc3cccc1c23. The van der Waals surface area contributed by atoms with Gasteiger partial charge in [0.15, 0.2) is 5.78 Å². The minimum atomic E-state index is -0.0570. The maximum absolute atomic E-state index is 13.6. The highest BCUT2D eigenvalue weighted by molar-refractivity contribution is 7.98. The molecule has 2 aliphatic carbocycles. The molecule has 34 heavy (non-hydrogen) atoms. The van der Waals surface area contributed by atoms with Crippen LogP contribution in [0.2, 0.25) is 0 Å². The number of allylic oxidation sites excluding steroid dienone is 1. The van der Waals surface area contributed by atoms with E-state index in [1.807, 2.05) is 11.8 Å². The highest BCUT2D eigenvalue weighted by Crippen LogP contribution is 2.48. The molecule has 0 spiro atoms. The fraction of sp³-hybridized carbons (Fsp3) is 0.281. The summed E-state index contributed by atoms with van der Waals surface area (Å²) in [6.07, 6.45) is 5.40. The lowest BCUT2D eigenvalue weighted by atomic mass is 9.76. The fourth-order valence-electron chi connectivity index (χ4n) is 6.42. The van der Waals surface area contributed by atoms with Crippen molar-refractivity contribution in [3.8, 4) is 0 Å². The maximum Gasteiger partial charge on any atom is 0.171 e. The summed E-state index contributed by atoms with van der Waals surface area (Å²) in [6.45, 7) is 6.90. The normalized spacial score (nSPS) is 17.6. The number of Topliss-reactive ketones (excluding diaryl/α,β-unsaturated/α-hetero) is 1. The number of carbonyl (C=O) groups excluding carboxylic acids is 1. The van der Waals surface area contributed by atoms with E-state index in [9.17, 15) is 4.79 Å². The number of carbonyl (C=O) groups is 1. The third-order valence-electron chi connectivity index (χ3n) is 7.85. The number of benzene rings is 4. The molecule has 170 valence electrons. The van der Waals surface area contributed by atoms with E-state index in [0.29, 0.717) is 11.7 Å². The third-order valence-corrected chi connectivity index (χ3v) is 8.71. The summed E-state index contributed by atoms with van der Waals surface area (Å²) in [5, 5.41) is 5.07. The van der Waals surface area contributed by atoms with Crippen LogP contribution in [0.25, 0.3) is 33.2 Å². The van der Waals surface area contributed by atoms with Crippen LogP contribution in [0.3, 0.4) is 0 Å². The summed E-state index contributed by atoms with van der Waals surface area (Å²) < 4.78 is 0. The minimum Gasteiger partial charge on any atom is -0.293 e. The fourth-order valence-corrected chi connectivity index (χ4v) is 7.14. The molecule has 0 bridgehead atoms. The summed E-state index contributed by atoms with van der Waals surface area (Å²) in [7, 11) is 0. The first-order valence-electron chi connectivity index (χ1n) is 12.2. The summed E-state index contributed by atoms with van der Waals surface area (Å²) in [5.74, 6) is 1.63. The van der Waals surface area contributed by atoms with E-state index in [0.717, 1.165) is 17.7 Å². The Morgan fingerprint density at radius 2 is 1.65 bits per heavy atom. The maximum atomic E-state index is 13.6. The topological polar surface area (TPSA) is 17.1 Å². The van der Waals surface area contributed by atoms with Gasteiger partial charge in [0.2, 0.25) is 0 Å². The Morgan fingerprint density at radius 1 is 0.912 bits per heavy atom. The van der Waals surface area contributed by atoms with E-state index < -0.39 is 0 Å². The van der Waals surface area contributed by atoms with E-state index >= 15 is 0 Å². The first-order valence-corrected chi connectivity index (χ1v) is 13.6. The predicted molar refractivity (Wildman–Crippen MR) is 148 cm³/mol. The van der Waals surface area contributed by atoms with Crippen LogP contribution < -0.4 is 0 Å². The number of thioether (sulfide) groups is 1. The number of rotatable bonds is 6. The molecule has 0 fully saturated rings. The molecule has 0 heterocycles. The van der Waals surface area contributed by atoms with Crippen molar-refractivity contribution in [1.82, 2.24) is 0 Å². The summed E-state index contributed by atoms with van der Waals surface area (Å²) in [6, 6.07) is 24.2. The first-order chi connectivity index (χ1) is 16.4. The van der Waals surface area contributed by atoms with Gasteiger partial charge in [-0.05, 0) is 91.3 Å². The second kappa shape index (κ2) is 7.85. The zero-order chi connectivity index (χ0) is 23.6. The molecular weight excluding hydrogens is 432 g/mol. The van der Waals surface area contributed by atoms with Crippen LogP contribution in [-0.4, -0.2) is 17.8 Å². The second-order valence-electron chi connectivity index (χ2n) is 10.7. The van der Waals surface area contributed by atoms with E-state index in [4.69, 9.17) is 0 Å². The molecule has 0 radical (unpaired) electrons. The Balaban J connectivity index is 1.40. The average molecular weight is 463 g/mol. The minimum absolute atomic E-state index is 0.0148. The van der Waals surface area contributed by atoms with Crippen LogP contribution in [0, 0.1) is 11.3 Å². The second-order valence-corrected chi connectivity index (χ2v) is 11.6. The zero-order valence-electron chi connectivity index (χ0n) is 20.3. The van der Waals surface area contributed by atoms with Crippen LogP contribution in [0.5, 0.6) is 0 Å². The lowest BCUT2D eigenvalue weighted by molar-refractivity contribution is 0.0948. The molecule has 2 unspecified atom stereocenters. The summed E-state index contributed by atoms with van der Waals surface area (Å²) in [5.41, 5.74) is 7.42. The Labute approximate surface area is 206 Å². The van der Waals surface area contributed by atoms with Gasteiger partial charge in [0.25, 0.3) is 0 Å². The Bertz CT molecular complexity index is 1500. The van der Waals surface area contributed by atoms with Gasteiger partial charge < -0.3 is 0 Å². The molecule has 0 saturated carbocycles. The lowest BCUT2D eigenvalue weighted by Gasteiger charge is -2.28. The molecule has 2 aliphatic rings. The van der Waals surface area contributed by atoms with Gasteiger partial charge >= 0.3 is 0 Å². The monoisotopic (exact) mass is 462 g/mol. The van der Waals surface area contributed by atoms with Crippen LogP contribution in [0.15, 0.2) is 66.7 Å². The number of hydrogen-bond donors (Lipinski definition) is 0. The van der Waals surface area contributed by atoms with Gasteiger partial charge in [-0.15, -0.1) is 0 Å². The molecular formula is C32H30OS. The lowest BCUT2D eigenvalue weighted by Crippen LogP contribution is -2.18. The molecule has 6 rings (SSSR count). The number of hydrogen-bond acceptors (Lipinski definition) is 2. The molecule has 4 aromatic rings. The Hall–Kier alpha value is -2.84. The molecule has 0 amide bonds. The average Bonchev–Trinajstić information content (AvgIpc) is 3.33. The van der Waals surface area contributed by atoms with Crippen LogP contribution in [-0.2, 0) is 6.42 Å². The first kappa shape index (κ1) is 21.7. The van der Waals surface area contributed by atoms with Gasteiger partial charge in [-0.1, -0.05) is 81.4 Å². The highest BCUT2D eigenvalue weighted by Gasteiger charge is 2.37. The molecule has 0 N–H and O–H groups in total. The van der Waals surface area contributed by atoms with Gasteiger partial charge in [-0.25, -0.2) is 0 Å². The van der Waals surface area contributed by atoms with Crippen molar-refractivity contribution in [3.63, 3.8) is 0 Å². The summed E-state index contributed by atoms with van der Waals surface area (Å²) >= 11 is 1.83. The van der Waals surface area contributed by atoms with Crippen molar-refractivity contribution in [1.29, 1.82) is 0 Å². The summed E-state index contributed by atoms with van der Waals surface area (Å²) in [4.78, 5) is 13.6. The number of ketones is 1. The Kier molecular flexibility index (Phi) is 5.00. The molecule has 0 aliphatic heterocycles. The molecule has 4 aromatic carbocycles. The van der Waals surface area contributed by atoms with Crippen molar-refractivity contribution >= 4 is 50.7 Å². The third kappa shape index (κ3) is 3.19. The van der Waals surface area contributed by atoms with E-state index in [1.54, 1.807) is 0 Å². The van der Waals surface area contributed by atoms with Crippen molar-refractivity contribution in [2.45, 2.75) is 33.1 Å². The molecule has 2 heteroatoms. The van der Waals surface area contributed by atoms with Gasteiger partial charge in [0, 0.05) is 5.56 Å². The smallest absolute Gasteiger partial charge is 0.171 e. The highest BCUT2D eigenvalue weighted by atomic mass is 32.2. The molecule has 0 aromatic heterocycles. The van der Waals surface area contributed by atoms with E-state index in [2.05, 4.69) is 99.8 Å². The quantitative estimate of drug-likeness (QED) is 0.286. The molecule has 1 nitrogen and oxygen atoms in total. The standard InChI is InChI=1S/C32H30OS/c1-19(18-34-4)28-25-13-7-11-22-14-20(15-26(30(22)25)31(28)33)17-32(2,3)27-16-23-10-5-8-21-9-6-12-24(27)29(21)23/h5-16,19,28H,17-18H2,1-4H3. The zero-order valence-corrected chi connectivity index (χ0v) is 21.1. The largest absolute Gasteiger partial charge is 0.293 e. The van der Waals surface area contributed by atoms with E-state index in [1.165, 1.54) is 49.4 Å². The molecule has 2 atom stereocenters. The van der Waals surface area contributed by atoms with Gasteiger partial charge in [-0.3, -0.25) is 4.79 Å². The van der Waals surface area contributed by atoms with Gasteiger partial charge in [0.1, 0.15) is 0 Å². The van der Waals surface area contributed by atoms with Crippen molar-refractivity contribution < 1.29 is 4.79 Å². The van der Waals surface area contributed by atoms with Crippen LogP contribution in [0.4, 0.5) is 0 Å². The van der Waals surface area contributed by atoms with Crippen molar-refractivity contribution in [2.24, 2.45) is 11.3 Å². The predicted octanol–water partition coefficient (Wildman–Crippen LogP) is 8.39. The van der Waals surface area contributed by atoms with E-state index in [-0.39, 0.29) is 11.3 Å². The van der Waals surface area contributed by atoms with Crippen molar-refractivity contribution in [2.75, 3.05) is 12.0 Å². The van der Waals surface area contributed by atoms with Crippen LogP contribution in [0.1, 0.15) is 59.3 Å². The van der Waals surface area contributed by atoms with Crippen LogP contribution >= 0.6 is 11.8 Å².